The van der Waals surface area contributed by atoms with Crippen molar-refractivity contribution in [2.45, 2.75) is 13.3 Å². The monoisotopic (exact) mass is 262 g/mol. The van der Waals surface area contributed by atoms with Crippen molar-refractivity contribution >= 4 is 17.4 Å². The topological polar surface area (TPSA) is 62.2 Å². The van der Waals surface area contributed by atoms with Gasteiger partial charge in [-0.3, -0.25) is 4.79 Å². The van der Waals surface area contributed by atoms with Crippen molar-refractivity contribution < 1.29 is 9.90 Å². The van der Waals surface area contributed by atoms with E-state index in [4.69, 9.17) is 0 Å². The van der Waals surface area contributed by atoms with Crippen LogP contribution in [0.4, 0.5) is 0 Å². The molecule has 2 rings (SSSR count). The first-order valence-electron chi connectivity index (χ1n) is 5.64. The van der Waals surface area contributed by atoms with Crippen molar-refractivity contribution in [3.63, 3.8) is 0 Å². The van der Waals surface area contributed by atoms with Crippen molar-refractivity contribution in [2.24, 2.45) is 0 Å². The van der Waals surface area contributed by atoms with E-state index in [0.717, 1.165) is 16.9 Å². The van der Waals surface area contributed by atoms with Crippen molar-refractivity contribution in [3.8, 4) is 5.75 Å². The first-order chi connectivity index (χ1) is 8.66. The maximum Gasteiger partial charge on any atom is 0.255 e. The number of phenolic OH excluding ortho intramolecular Hbond substituents is 1. The number of amides is 1. The quantitative estimate of drug-likeness (QED) is 0.887. The smallest absolute Gasteiger partial charge is 0.255 e. The maximum absolute atomic E-state index is 11.9. The minimum absolute atomic E-state index is 0.0101. The summed E-state index contributed by atoms with van der Waals surface area (Å²) in [6, 6.07) is 6.91. The van der Waals surface area contributed by atoms with Gasteiger partial charge in [0.05, 0.1) is 5.56 Å². The van der Waals surface area contributed by atoms with Crippen LogP contribution in [0.25, 0.3) is 0 Å². The molecule has 18 heavy (non-hydrogen) atoms. The van der Waals surface area contributed by atoms with E-state index in [1.165, 1.54) is 17.6 Å². The molecule has 0 unspecified atom stereocenters. The van der Waals surface area contributed by atoms with Gasteiger partial charge in [-0.15, -0.1) is 0 Å². The Morgan fingerprint density at radius 1 is 1.44 bits per heavy atom. The number of hydrogen-bond acceptors (Lipinski definition) is 4. The minimum atomic E-state index is -0.249. The van der Waals surface area contributed by atoms with Crippen LogP contribution >= 0.6 is 11.5 Å². The highest BCUT2D eigenvalue weighted by atomic mass is 32.1. The molecule has 4 nitrogen and oxygen atoms in total. The van der Waals surface area contributed by atoms with Crippen molar-refractivity contribution in [2.75, 3.05) is 6.54 Å². The van der Waals surface area contributed by atoms with E-state index in [-0.39, 0.29) is 11.7 Å². The standard InChI is InChI=1S/C13H14N2O2S/c1-9-2-3-12(16)11(8-9)13(17)14-6-4-10-5-7-15-18-10/h2-3,5,7-8,16H,4,6H2,1H3,(H,14,17). The second-order valence-electron chi connectivity index (χ2n) is 4.01. The maximum atomic E-state index is 11.9. The Kier molecular flexibility index (Phi) is 3.94. The molecule has 0 fully saturated rings. The molecule has 2 aromatic rings. The normalized spacial score (nSPS) is 10.3. The van der Waals surface area contributed by atoms with Gasteiger partial charge in [-0.25, -0.2) is 4.37 Å². The summed E-state index contributed by atoms with van der Waals surface area (Å²) in [6.45, 7) is 2.42. The lowest BCUT2D eigenvalue weighted by atomic mass is 10.1. The van der Waals surface area contributed by atoms with Crippen LogP contribution in [0.3, 0.4) is 0 Å². The summed E-state index contributed by atoms with van der Waals surface area (Å²) in [7, 11) is 0. The number of nitrogens with one attached hydrogen (secondary N) is 1. The molecule has 94 valence electrons. The molecule has 0 aliphatic carbocycles. The van der Waals surface area contributed by atoms with Gasteiger partial charge >= 0.3 is 0 Å². The van der Waals surface area contributed by atoms with Gasteiger partial charge in [0.2, 0.25) is 0 Å². The fraction of sp³-hybridized carbons (Fsp3) is 0.231. The number of benzene rings is 1. The van der Waals surface area contributed by atoms with Crippen LogP contribution in [0.5, 0.6) is 5.75 Å². The number of rotatable bonds is 4. The van der Waals surface area contributed by atoms with E-state index < -0.39 is 0 Å². The lowest BCUT2D eigenvalue weighted by molar-refractivity contribution is 0.0951. The van der Waals surface area contributed by atoms with Crippen LogP contribution in [-0.4, -0.2) is 21.9 Å². The number of aromatic nitrogens is 1. The molecule has 0 atom stereocenters. The van der Waals surface area contributed by atoms with Crippen molar-refractivity contribution in [1.82, 2.24) is 9.69 Å². The number of aryl methyl sites for hydroxylation is 1. The summed E-state index contributed by atoms with van der Waals surface area (Å²) in [4.78, 5) is 13.0. The second-order valence-corrected chi connectivity index (χ2v) is 4.92. The van der Waals surface area contributed by atoms with Crippen molar-refractivity contribution in [1.29, 1.82) is 0 Å². The molecule has 1 aromatic carbocycles. The lowest BCUT2D eigenvalue weighted by Crippen LogP contribution is -2.25. The lowest BCUT2D eigenvalue weighted by Gasteiger charge is -2.06. The van der Waals surface area contributed by atoms with Crippen molar-refractivity contribution in [3.05, 3.63) is 46.5 Å². The number of aromatic hydroxyl groups is 1. The molecule has 0 bridgehead atoms. The summed E-state index contributed by atoms with van der Waals surface area (Å²) in [5.74, 6) is -0.239. The van der Waals surface area contributed by atoms with Gasteiger partial charge in [0.25, 0.3) is 5.91 Å². The first kappa shape index (κ1) is 12.6. The van der Waals surface area contributed by atoms with Crippen LogP contribution in [0.15, 0.2) is 30.5 Å². The third-order valence-corrected chi connectivity index (χ3v) is 3.35. The van der Waals surface area contributed by atoms with Crippen LogP contribution in [0.1, 0.15) is 20.8 Å². The Balaban J connectivity index is 1.93. The van der Waals surface area contributed by atoms with Gasteiger partial charge in [0, 0.05) is 24.0 Å². The van der Waals surface area contributed by atoms with E-state index in [1.54, 1.807) is 18.3 Å². The van der Waals surface area contributed by atoms with Crippen LogP contribution in [-0.2, 0) is 6.42 Å². The van der Waals surface area contributed by atoms with Gasteiger partial charge in [-0.1, -0.05) is 11.6 Å². The Morgan fingerprint density at radius 3 is 3.00 bits per heavy atom. The molecule has 0 saturated carbocycles. The van der Waals surface area contributed by atoms with E-state index in [1.807, 2.05) is 13.0 Å². The second kappa shape index (κ2) is 5.64. The van der Waals surface area contributed by atoms with Gasteiger partial charge in [0.15, 0.2) is 0 Å². The number of carbonyl (C=O) groups is 1. The molecule has 0 radical (unpaired) electrons. The molecule has 1 heterocycles. The third-order valence-electron chi connectivity index (χ3n) is 2.54. The van der Waals surface area contributed by atoms with Crippen LogP contribution in [0, 0.1) is 6.92 Å². The fourth-order valence-electron chi connectivity index (χ4n) is 1.60. The Labute approximate surface area is 109 Å². The zero-order chi connectivity index (χ0) is 13.0. The Hall–Kier alpha value is -1.88. The van der Waals surface area contributed by atoms with Gasteiger partial charge in [-0.05, 0) is 36.7 Å². The molecule has 0 saturated heterocycles. The number of phenols is 1. The average Bonchev–Trinajstić information content (AvgIpc) is 2.85. The SMILES string of the molecule is Cc1ccc(O)c(C(=O)NCCc2ccns2)c1. The molecule has 1 amide bonds. The van der Waals surface area contributed by atoms with E-state index in [0.29, 0.717) is 12.1 Å². The number of hydrogen-bond donors (Lipinski definition) is 2. The molecule has 0 aliphatic heterocycles. The molecule has 2 N–H and O–H groups in total. The van der Waals surface area contributed by atoms with E-state index >= 15 is 0 Å². The van der Waals surface area contributed by atoms with E-state index in [9.17, 15) is 9.90 Å². The zero-order valence-corrected chi connectivity index (χ0v) is 10.8. The highest BCUT2D eigenvalue weighted by Crippen LogP contribution is 2.17. The third kappa shape index (κ3) is 3.07. The van der Waals surface area contributed by atoms with Crippen LogP contribution in [0.2, 0.25) is 0 Å². The van der Waals surface area contributed by atoms with E-state index in [2.05, 4.69) is 9.69 Å². The molecule has 5 heteroatoms. The molecule has 0 spiro atoms. The fourth-order valence-corrected chi connectivity index (χ4v) is 2.17. The Morgan fingerprint density at radius 2 is 2.28 bits per heavy atom. The van der Waals surface area contributed by atoms with Crippen LogP contribution < -0.4 is 5.32 Å². The summed E-state index contributed by atoms with van der Waals surface area (Å²) in [5, 5.41) is 12.4. The number of carbonyl (C=O) groups excluding carboxylic acids is 1. The first-order valence-corrected chi connectivity index (χ1v) is 6.41. The zero-order valence-electron chi connectivity index (χ0n) is 10.0. The molecular weight excluding hydrogens is 248 g/mol. The Bertz CT molecular complexity index is 538. The minimum Gasteiger partial charge on any atom is -0.507 e. The van der Waals surface area contributed by atoms with Gasteiger partial charge in [0.1, 0.15) is 5.75 Å². The summed E-state index contributed by atoms with van der Waals surface area (Å²) in [5.41, 5.74) is 1.26. The molecular formula is C13H14N2O2S. The largest absolute Gasteiger partial charge is 0.507 e. The summed E-state index contributed by atoms with van der Waals surface area (Å²) >= 11 is 1.43. The highest BCUT2D eigenvalue weighted by molar-refractivity contribution is 7.05. The summed E-state index contributed by atoms with van der Waals surface area (Å²) in [6.07, 6.45) is 2.50. The number of nitrogens with zero attached hydrogens (tertiary/aromatic N) is 1. The van der Waals surface area contributed by atoms with Gasteiger partial charge < -0.3 is 10.4 Å². The predicted octanol–water partition coefficient (Wildman–Crippen LogP) is 2.13. The highest BCUT2D eigenvalue weighted by Gasteiger charge is 2.10. The molecule has 0 aliphatic rings. The van der Waals surface area contributed by atoms with Gasteiger partial charge in [-0.2, -0.15) is 0 Å². The molecule has 1 aromatic heterocycles. The average molecular weight is 262 g/mol. The predicted molar refractivity (Wildman–Crippen MR) is 71.0 cm³/mol. The summed E-state index contributed by atoms with van der Waals surface area (Å²) < 4.78 is 3.99.